The number of carbonyl (C=O) groups is 4. The molecule has 5 aliphatic rings. The fourth-order valence-electron chi connectivity index (χ4n) is 8.21. The zero-order valence-corrected chi connectivity index (χ0v) is 28.0. The van der Waals surface area contributed by atoms with Crippen molar-refractivity contribution in [3.8, 4) is 0 Å². The summed E-state index contributed by atoms with van der Waals surface area (Å²) in [7, 11) is 2.21. The van der Waals surface area contributed by atoms with E-state index in [9.17, 15) is 19.2 Å². The molecule has 50 heavy (non-hydrogen) atoms. The summed E-state index contributed by atoms with van der Waals surface area (Å²) in [6, 6.07) is 11.9. The number of nitrogens with one attached hydrogen (secondary N) is 4. The predicted molar refractivity (Wildman–Crippen MR) is 189 cm³/mol. The van der Waals surface area contributed by atoms with Gasteiger partial charge in [-0.2, -0.15) is 0 Å². The first kappa shape index (κ1) is 32.1. The SMILES string of the molecule is CN1C[C@H]2CC1CN2c1ccc2ncc(/C(C=N)=C/NC3CC(CCCNc4ccc5c(c4)C(=O)N(C4CCC(=O)NC4=O)C5=O)C3)nc2c1. The molecule has 4 aliphatic heterocycles. The van der Waals surface area contributed by atoms with Gasteiger partial charge in [0.2, 0.25) is 11.8 Å². The molecule has 3 aromatic rings. The molecular weight excluding hydrogens is 634 g/mol. The molecule has 2 bridgehead atoms. The van der Waals surface area contributed by atoms with E-state index >= 15 is 0 Å². The maximum Gasteiger partial charge on any atom is 0.262 e. The molecule has 0 radical (unpaired) electrons. The fourth-order valence-corrected chi connectivity index (χ4v) is 8.21. The van der Waals surface area contributed by atoms with Crippen molar-refractivity contribution < 1.29 is 19.2 Å². The van der Waals surface area contributed by atoms with Crippen LogP contribution in [-0.2, 0) is 9.59 Å². The van der Waals surface area contributed by atoms with Crippen molar-refractivity contribution in [2.24, 2.45) is 5.92 Å². The molecule has 2 unspecified atom stereocenters. The Kier molecular flexibility index (Phi) is 8.30. The van der Waals surface area contributed by atoms with E-state index in [2.05, 4.69) is 49.9 Å². The van der Waals surface area contributed by atoms with Crippen molar-refractivity contribution in [2.75, 3.05) is 36.9 Å². The summed E-state index contributed by atoms with van der Waals surface area (Å²) in [4.78, 5) is 65.3. The molecule has 4 N–H and O–H groups in total. The van der Waals surface area contributed by atoms with Gasteiger partial charge in [0.05, 0.1) is 34.1 Å². The number of piperazine rings is 1. The van der Waals surface area contributed by atoms with Crippen LogP contribution < -0.4 is 20.9 Å². The van der Waals surface area contributed by atoms with E-state index in [0.717, 1.165) is 66.9 Å². The molecule has 1 aliphatic carbocycles. The van der Waals surface area contributed by atoms with Gasteiger partial charge in [0, 0.05) is 73.5 Å². The Labute approximate surface area is 290 Å². The van der Waals surface area contributed by atoms with Crippen LogP contribution in [0.5, 0.6) is 0 Å². The Morgan fingerprint density at radius 2 is 1.84 bits per heavy atom. The summed E-state index contributed by atoms with van der Waals surface area (Å²) in [6.45, 7) is 2.86. The van der Waals surface area contributed by atoms with Crippen LogP contribution >= 0.6 is 0 Å². The minimum atomic E-state index is -0.969. The third-order valence-electron chi connectivity index (χ3n) is 11.1. The second-order valence-corrected chi connectivity index (χ2v) is 14.3. The number of imide groups is 2. The topological polar surface area (TPSA) is 164 Å². The molecule has 0 spiro atoms. The number of benzene rings is 2. The molecular formula is C37H41N9O4. The number of allylic oxidation sites excluding steroid dienone is 1. The van der Waals surface area contributed by atoms with Crippen LogP contribution in [0.15, 0.2) is 48.8 Å². The maximum atomic E-state index is 13.1. The predicted octanol–water partition coefficient (Wildman–Crippen LogP) is 3.17. The lowest BCUT2D eigenvalue weighted by Crippen LogP contribution is -2.54. The molecule has 3 atom stereocenters. The number of fused-ring (bicyclic) bond motifs is 4. The highest BCUT2D eigenvalue weighted by Crippen LogP contribution is 2.35. The van der Waals surface area contributed by atoms with Gasteiger partial charge in [-0.1, -0.05) is 0 Å². The summed E-state index contributed by atoms with van der Waals surface area (Å²) in [5.74, 6) is -1.41. The average molecular weight is 676 g/mol. The van der Waals surface area contributed by atoms with E-state index < -0.39 is 29.7 Å². The summed E-state index contributed by atoms with van der Waals surface area (Å²) in [5, 5.41) is 17.1. The number of aromatic nitrogens is 2. The second kappa shape index (κ2) is 12.9. The average Bonchev–Trinajstić information content (AvgIpc) is 3.75. The molecule has 4 fully saturated rings. The van der Waals surface area contributed by atoms with Crippen molar-refractivity contribution in [1.29, 1.82) is 5.41 Å². The fraction of sp³-hybridized carbons (Fsp3) is 0.432. The quantitative estimate of drug-likeness (QED) is 0.135. The number of hydrogen-bond acceptors (Lipinski definition) is 11. The molecule has 4 amide bonds. The van der Waals surface area contributed by atoms with E-state index in [0.29, 0.717) is 35.3 Å². The van der Waals surface area contributed by atoms with Crippen LogP contribution in [0.25, 0.3) is 16.6 Å². The van der Waals surface area contributed by atoms with Crippen LogP contribution in [0.4, 0.5) is 11.4 Å². The molecule has 3 saturated heterocycles. The van der Waals surface area contributed by atoms with Gasteiger partial charge in [-0.25, -0.2) is 4.98 Å². The van der Waals surface area contributed by atoms with Crippen molar-refractivity contribution >= 4 is 57.8 Å². The lowest BCUT2D eigenvalue weighted by molar-refractivity contribution is -0.136. The Bertz CT molecular complexity index is 1940. The Hall–Kier alpha value is -5.17. The summed E-state index contributed by atoms with van der Waals surface area (Å²) >= 11 is 0. The standard InChI is InChI=1S/C37H41N9O4/c1-44-19-27-14-26(44)20-45(27)25-5-7-30-31(15-25)42-32(18-41-30)22(16-38)17-40-24-11-21(12-24)3-2-10-39-23-4-6-28-29(13-23)37(50)46(36(28)49)33-8-9-34(47)43-35(33)48/h4-7,13,15-18,21,24,26-27,33,38-40H,2-3,8-12,14,19-20H2,1H3,(H,43,47,48)/b22-17+,38-16?/t21?,24?,26?,27-,33?/m1/s1. The molecule has 1 saturated carbocycles. The van der Waals surface area contributed by atoms with Crippen LogP contribution in [0, 0.1) is 11.3 Å². The number of carbonyl (C=O) groups excluding carboxylic acids is 4. The van der Waals surface area contributed by atoms with E-state index in [1.165, 1.54) is 18.3 Å². The highest BCUT2D eigenvalue weighted by atomic mass is 16.2. The monoisotopic (exact) mass is 675 g/mol. The number of likely N-dealkylation sites (tertiary alicyclic amines) is 1. The number of hydrogen-bond donors (Lipinski definition) is 4. The first-order valence-electron chi connectivity index (χ1n) is 17.6. The number of rotatable bonds is 11. The number of anilines is 2. The second-order valence-electron chi connectivity index (χ2n) is 14.3. The zero-order chi connectivity index (χ0) is 34.5. The molecule has 13 nitrogen and oxygen atoms in total. The number of nitrogens with zero attached hydrogens (tertiary/aromatic N) is 5. The minimum Gasteiger partial charge on any atom is -0.388 e. The minimum absolute atomic E-state index is 0.0927. The molecule has 13 heteroatoms. The number of amides is 4. The van der Waals surface area contributed by atoms with E-state index in [1.807, 2.05) is 12.3 Å². The van der Waals surface area contributed by atoms with Gasteiger partial charge >= 0.3 is 0 Å². The van der Waals surface area contributed by atoms with Crippen LogP contribution in [0.1, 0.15) is 71.4 Å². The lowest BCUT2D eigenvalue weighted by atomic mass is 9.77. The lowest BCUT2D eigenvalue weighted by Gasteiger charge is -2.36. The molecule has 2 aromatic carbocycles. The Morgan fingerprint density at radius 1 is 1.00 bits per heavy atom. The van der Waals surface area contributed by atoms with Crippen molar-refractivity contribution in [2.45, 2.75) is 69.1 Å². The highest BCUT2D eigenvalue weighted by Gasteiger charge is 2.45. The largest absolute Gasteiger partial charge is 0.388 e. The summed E-state index contributed by atoms with van der Waals surface area (Å²) < 4.78 is 0. The van der Waals surface area contributed by atoms with Gasteiger partial charge in [-0.3, -0.25) is 39.3 Å². The van der Waals surface area contributed by atoms with Crippen molar-refractivity contribution in [1.82, 2.24) is 30.4 Å². The van der Waals surface area contributed by atoms with Crippen molar-refractivity contribution in [3.63, 3.8) is 0 Å². The molecule has 1 aromatic heterocycles. The molecule has 5 heterocycles. The van der Waals surface area contributed by atoms with E-state index in [-0.39, 0.29) is 24.0 Å². The van der Waals surface area contributed by atoms with Gasteiger partial charge in [-0.05, 0) is 87.9 Å². The third kappa shape index (κ3) is 5.89. The number of likely N-dealkylation sites (N-methyl/N-ethyl adjacent to an activating group) is 1. The van der Waals surface area contributed by atoms with Gasteiger partial charge in [0.1, 0.15) is 6.04 Å². The van der Waals surface area contributed by atoms with Gasteiger partial charge in [0.25, 0.3) is 11.8 Å². The Morgan fingerprint density at radius 3 is 2.60 bits per heavy atom. The zero-order valence-electron chi connectivity index (χ0n) is 28.0. The van der Waals surface area contributed by atoms with E-state index in [1.54, 1.807) is 24.4 Å². The van der Waals surface area contributed by atoms with Crippen LogP contribution in [-0.4, -0.2) is 100 Å². The first-order chi connectivity index (χ1) is 24.2. The first-order valence-corrected chi connectivity index (χ1v) is 17.6. The van der Waals surface area contributed by atoms with Crippen LogP contribution in [0.2, 0.25) is 0 Å². The third-order valence-corrected chi connectivity index (χ3v) is 11.1. The van der Waals surface area contributed by atoms with Gasteiger partial charge in [-0.15, -0.1) is 0 Å². The summed E-state index contributed by atoms with van der Waals surface area (Å²) in [6.07, 6.45) is 10.5. The van der Waals surface area contributed by atoms with Gasteiger partial charge < -0.3 is 20.9 Å². The maximum absolute atomic E-state index is 13.1. The van der Waals surface area contributed by atoms with Crippen LogP contribution in [0.3, 0.4) is 0 Å². The molecule has 8 rings (SSSR count). The normalized spacial score (nSPS) is 26.3. The summed E-state index contributed by atoms with van der Waals surface area (Å²) in [5.41, 5.74) is 5.57. The Balaban J connectivity index is 0.802. The highest BCUT2D eigenvalue weighted by molar-refractivity contribution is 6.23. The van der Waals surface area contributed by atoms with Crippen molar-refractivity contribution in [3.05, 3.63) is 65.6 Å². The number of piperidine rings is 1. The smallest absolute Gasteiger partial charge is 0.262 e. The molecule has 258 valence electrons. The van der Waals surface area contributed by atoms with Gasteiger partial charge in [0.15, 0.2) is 0 Å². The van der Waals surface area contributed by atoms with E-state index in [4.69, 9.17) is 10.4 Å².